The van der Waals surface area contributed by atoms with Gasteiger partial charge in [-0.3, -0.25) is 28.8 Å². The van der Waals surface area contributed by atoms with Gasteiger partial charge in [0, 0.05) is 69.5 Å². The van der Waals surface area contributed by atoms with E-state index in [4.69, 9.17) is 29.2 Å². The summed E-state index contributed by atoms with van der Waals surface area (Å²) in [5, 5.41) is 45.0. The molecule has 0 fully saturated rings. The highest BCUT2D eigenvalue weighted by atomic mass is 16.5. The van der Waals surface area contributed by atoms with Gasteiger partial charge in [0.2, 0.25) is 17.7 Å². The van der Waals surface area contributed by atoms with Crippen molar-refractivity contribution in [2.45, 2.75) is 103 Å². The third-order valence-electron chi connectivity index (χ3n) is 9.09. The molecule has 0 aliphatic carbocycles. The van der Waals surface area contributed by atoms with E-state index in [9.17, 15) is 48.3 Å². The van der Waals surface area contributed by atoms with Crippen molar-refractivity contribution in [3.8, 4) is 0 Å². The minimum atomic E-state index is -1.53. The fraction of sp³-hybridized carbons (Fsp3) is 0.659. The molecule has 2 unspecified atom stereocenters. The standard InChI is InChI=1S/C42H67N7O16.C2H6/c1-2-34(50)44-18-22-62-26-28-64-24-20-46-38(55)30-9-11-31(12-10-30)39(56)47-21-25-65-29-27-63-23-19-45-35(51)8-6-4-3-5-7-17-43-36(52)15-13-32(40(57)58)48-42(61)49-33(41(59)60)14-16-37(53)54;1-2/h9-12,32-33H,2-8,13-29H2,1H3,(H,43,52)(H,44,50)(H,45,51)(H,46,55)(H,47,56)(H,53,54)(H,57,58)(H,59,60)(H2,48,49,61);1-2H3. The maximum Gasteiger partial charge on any atom is 0.326 e. The Labute approximate surface area is 391 Å². The van der Waals surface area contributed by atoms with Crippen molar-refractivity contribution in [3.63, 3.8) is 0 Å². The van der Waals surface area contributed by atoms with Crippen molar-refractivity contribution < 1.29 is 77.4 Å². The SMILES string of the molecule is CC.CCC(=O)NCCOCCOCCNC(=O)c1ccc(C(=O)NCCOCCOCCNC(=O)CCCCCCCNC(=O)CCC(NC(=O)NC(CCC(=O)O)C(=O)O)C(=O)O)cc1. The van der Waals surface area contributed by atoms with Gasteiger partial charge in [-0.1, -0.05) is 40.0 Å². The van der Waals surface area contributed by atoms with Crippen LogP contribution in [-0.2, 0) is 47.7 Å². The molecule has 23 nitrogen and oxygen atoms in total. The largest absolute Gasteiger partial charge is 0.481 e. The van der Waals surface area contributed by atoms with E-state index in [1.807, 2.05) is 19.2 Å². The number of carboxylic acid groups (broad SMARTS) is 3. The lowest BCUT2D eigenvalue weighted by molar-refractivity contribution is -0.141. The molecule has 7 amide bonds. The monoisotopic (exact) mass is 956 g/mol. The highest BCUT2D eigenvalue weighted by Gasteiger charge is 2.25. The van der Waals surface area contributed by atoms with Gasteiger partial charge in [0.25, 0.3) is 11.8 Å². The summed E-state index contributed by atoms with van der Waals surface area (Å²) in [7, 11) is 0. The third-order valence-corrected chi connectivity index (χ3v) is 9.09. The molecule has 67 heavy (non-hydrogen) atoms. The predicted octanol–water partition coefficient (Wildman–Crippen LogP) is 1.19. The number of carbonyl (C=O) groups is 9. The average Bonchev–Trinajstić information content (AvgIpc) is 3.31. The molecule has 0 saturated heterocycles. The molecule has 0 spiro atoms. The molecule has 2 atom stereocenters. The Bertz CT molecular complexity index is 1620. The molecule has 0 radical (unpaired) electrons. The van der Waals surface area contributed by atoms with Crippen LogP contribution in [0.25, 0.3) is 0 Å². The van der Waals surface area contributed by atoms with Crippen molar-refractivity contribution in [2.24, 2.45) is 0 Å². The molecule has 1 aromatic rings. The predicted molar refractivity (Wildman–Crippen MR) is 243 cm³/mol. The van der Waals surface area contributed by atoms with E-state index >= 15 is 0 Å². The highest BCUT2D eigenvalue weighted by Crippen LogP contribution is 2.07. The van der Waals surface area contributed by atoms with Crippen LogP contribution in [0, 0.1) is 0 Å². The van der Waals surface area contributed by atoms with E-state index in [0.29, 0.717) is 109 Å². The zero-order chi connectivity index (χ0) is 50.1. The second kappa shape index (κ2) is 40.4. The Morgan fingerprint density at radius 2 is 0.836 bits per heavy atom. The van der Waals surface area contributed by atoms with Crippen LogP contribution in [0.15, 0.2) is 24.3 Å². The fourth-order valence-corrected chi connectivity index (χ4v) is 5.51. The van der Waals surface area contributed by atoms with Crippen LogP contribution < -0.4 is 37.2 Å². The zero-order valence-electron chi connectivity index (χ0n) is 39.1. The molecule has 10 N–H and O–H groups in total. The van der Waals surface area contributed by atoms with Gasteiger partial charge >= 0.3 is 23.9 Å². The van der Waals surface area contributed by atoms with Crippen LogP contribution in [0.3, 0.4) is 0 Å². The summed E-state index contributed by atoms with van der Waals surface area (Å²) in [6.07, 6.45) is 3.23. The molecule has 0 aromatic heterocycles. The summed E-state index contributed by atoms with van der Waals surface area (Å²) in [5.41, 5.74) is 0.798. The van der Waals surface area contributed by atoms with Gasteiger partial charge < -0.3 is 71.5 Å². The first-order chi connectivity index (χ1) is 32.2. The molecule has 1 aromatic carbocycles. The number of hydrogen-bond acceptors (Lipinski definition) is 13. The quantitative estimate of drug-likeness (QED) is 0.0414. The summed E-state index contributed by atoms with van der Waals surface area (Å²) in [6.45, 7) is 10.1. The second-order valence-corrected chi connectivity index (χ2v) is 14.3. The molecular formula is C44H73N7O16. The third kappa shape index (κ3) is 34.1. The van der Waals surface area contributed by atoms with E-state index in [-0.39, 0.29) is 49.6 Å². The fourth-order valence-electron chi connectivity index (χ4n) is 5.51. The number of carbonyl (C=O) groups excluding carboxylic acids is 6. The van der Waals surface area contributed by atoms with Crippen LogP contribution in [0.1, 0.15) is 112 Å². The number of hydrogen-bond donors (Lipinski definition) is 10. The first-order valence-electron chi connectivity index (χ1n) is 22.7. The maximum atomic E-state index is 12.4. The Kier molecular flexibility index (Phi) is 36.8. The van der Waals surface area contributed by atoms with Crippen LogP contribution in [0.4, 0.5) is 4.79 Å². The van der Waals surface area contributed by atoms with Crippen LogP contribution in [0.2, 0.25) is 0 Å². The van der Waals surface area contributed by atoms with Crippen molar-refractivity contribution in [3.05, 3.63) is 35.4 Å². The minimum absolute atomic E-state index is 0.0288. The summed E-state index contributed by atoms with van der Waals surface area (Å²) >= 11 is 0. The Morgan fingerprint density at radius 1 is 0.463 bits per heavy atom. The first-order valence-corrected chi connectivity index (χ1v) is 22.7. The number of benzene rings is 1. The van der Waals surface area contributed by atoms with Gasteiger partial charge in [-0.05, 0) is 49.9 Å². The lowest BCUT2D eigenvalue weighted by atomic mass is 10.1. The number of amides is 7. The molecule has 23 heteroatoms. The topological polar surface area (TPSA) is 335 Å². The summed E-state index contributed by atoms with van der Waals surface area (Å²) in [6, 6.07) is 2.13. The molecule has 0 saturated carbocycles. The van der Waals surface area contributed by atoms with Gasteiger partial charge in [0.05, 0.1) is 52.9 Å². The number of urea groups is 1. The molecule has 1 rings (SSSR count). The molecule has 0 aliphatic rings. The lowest BCUT2D eigenvalue weighted by Crippen LogP contribution is -2.51. The van der Waals surface area contributed by atoms with Crippen LogP contribution in [0.5, 0.6) is 0 Å². The number of aliphatic carboxylic acids is 3. The van der Waals surface area contributed by atoms with Gasteiger partial charge in [0.1, 0.15) is 12.1 Å². The number of ether oxygens (including phenoxy) is 4. The Balaban J connectivity index is 0.0000215. The Hall–Kier alpha value is -5.91. The molecule has 380 valence electrons. The van der Waals surface area contributed by atoms with E-state index in [0.717, 1.165) is 19.3 Å². The number of carboxylic acids is 3. The smallest absolute Gasteiger partial charge is 0.326 e. The van der Waals surface area contributed by atoms with Crippen molar-refractivity contribution >= 4 is 53.5 Å². The highest BCUT2D eigenvalue weighted by molar-refractivity contribution is 5.97. The minimum Gasteiger partial charge on any atom is -0.481 e. The number of rotatable bonds is 39. The van der Waals surface area contributed by atoms with E-state index in [2.05, 4.69) is 31.9 Å². The van der Waals surface area contributed by atoms with Crippen LogP contribution in [-0.4, -0.2) is 166 Å². The average molecular weight is 956 g/mol. The lowest BCUT2D eigenvalue weighted by Gasteiger charge is -2.18. The van der Waals surface area contributed by atoms with E-state index in [1.165, 1.54) is 0 Å². The summed E-state index contributed by atoms with van der Waals surface area (Å²) in [4.78, 5) is 106. The summed E-state index contributed by atoms with van der Waals surface area (Å²) < 4.78 is 21.7. The summed E-state index contributed by atoms with van der Waals surface area (Å²) in [5.74, 6) is -5.30. The van der Waals surface area contributed by atoms with Crippen LogP contribution >= 0.6 is 0 Å². The Morgan fingerprint density at radius 3 is 1.27 bits per heavy atom. The number of unbranched alkanes of at least 4 members (excludes halogenated alkanes) is 4. The van der Waals surface area contributed by atoms with Crippen molar-refractivity contribution in [2.75, 3.05) is 85.6 Å². The van der Waals surface area contributed by atoms with Crippen molar-refractivity contribution in [1.29, 1.82) is 0 Å². The van der Waals surface area contributed by atoms with E-state index in [1.54, 1.807) is 31.2 Å². The second-order valence-electron chi connectivity index (χ2n) is 14.3. The zero-order valence-corrected chi connectivity index (χ0v) is 39.1. The first kappa shape index (κ1) is 61.1. The molecule has 0 aliphatic heterocycles. The molecule has 0 bridgehead atoms. The van der Waals surface area contributed by atoms with Gasteiger partial charge in [-0.25, -0.2) is 14.4 Å². The van der Waals surface area contributed by atoms with Gasteiger partial charge in [-0.2, -0.15) is 0 Å². The van der Waals surface area contributed by atoms with E-state index < -0.39 is 54.8 Å². The molecular weight excluding hydrogens is 883 g/mol. The van der Waals surface area contributed by atoms with Crippen molar-refractivity contribution in [1.82, 2.24) is 37.2 Å². The number of nitrogens with one attached hydrogen (secondary N) is 7. The van der Waals surface area contributed by atoms with Gasteiger partial charge in [-0.15, -0.1) is 0 Å². The normalized spacial score (nSPS) is 11.4. The maximum absolute atomic E-state index is 12.4. The molecule has 0 heterocycles. The van der Waals surface area contributed by atoms with Gasteiger partial charge in [0.15, 0.2) is 0 Å².